The number of hydrogen-bond donors (Lipinski definition) is 1. The quantitative estimate of drug-likeness (QED) is 0.857. The molecule has 0 aliphatic carbocycles. The third-order valence-electron chi connectivity index (χ3n) is 2.94. The maximum Gasteiger partial charge on any atom is 0.258 e. The molecular formula is C14H18BrN3O3. The summed E-state index contributed by atoms with van der Waals surface area (Å²) in [5.41, 5.74) is 6.15. The lowest BCUT2D eigenvalue weighted by molar-refractivity contribution is 0.0962. The summed E-state index contributed by atoms with van der Waals surface area (Å²) in [4.78, 5) is 4.36. The molecule has 2 aromatic rings. The molecule has 2 rings (SSSR count). The molecule has 6 nitrogen and oxygen atoms in total. The zero-order valence-electron chi connectivity index (χ0n) is 12.2. The van der Waals surface area contributed by atoms with Crippen LogP contribution in [0.2, 0.25) is 0 Å². The molecule has 0 bridgehead atoms. The number of nitrogens with two attached hydrogens (primary N) is 1. The van der Waals surface area contributed by atoms with Gasteiger partial charge < -0.3 is 19.7 Å². The molecule has 0 saturated heterocycles. The first-order chi connectivity index (χ1) is 9.97. The average Bonchev–Trinajstić information content (AvgIpc) is 2.95. The van der Waals surface area contributed by atoms with Gasteiger partial charge in [0.25, 0.3) is 5.89 Å². The van der Waals surface area contributed by atoms with E-state index in [-0.39, 0.29) is 0 Å². The monoisotopic (exact) mass is 355 g/mol. The standard InChI is InChI=1S/C14H18BrN3O3/c1-4-20-8-14(2,16)13-17-12(21-18-13)9-5-6-11(19-3)10(15)7-9/h5-7H,4,8,16H2,1-3H3. The Kier molecular flexibility index (Phi) is 4.97. The summed E-state index contributed by atoms with van der Waals surface area (Å²) in [6.07, 6.45) is 0. The highest BCUT2D eigenvalue weighted by Crippen LogP contribution is 2.30. The summed E-state index contributed by atoms with van der Waals surface area (Å²) in [5.74, 6) is 1.55. The Morgan fingerprint density at radius 3 is 2.81 bits per heavy atom. The smallest absolute Gasteiger partial charge is 0.258 e. The average molecular weight is 356 g/mol. The minimum absolute atomic E-state index is 0.328. The third-order valence-corrected chi connectivity index (χ3v) is 3.56. The molecule has 0 aliphatic rings. The van der Waals surface area contributed by atoms with Crippen LogP contribution in [0.15, 0.2) is 27.2 Å². The van der Waals surface area contributed by atoms with Gasteiger partial charge in [0.05, 0.1) is 18.2 Å². The van der Waals surface area contributed by atoms with Crippen molar-refractivity contribution in [1.82, 2.24) is 10.1 Å². The number of rotatable bonds is 6. The van der Waals surface area contributed by atoms with Crippen molar-refractivity contribution >= 4 is 15.9 Å². The highest BCUT2D eigenvalue weighted by molar-refractivity contribution is 9.10. The molecule has 0 amide bonds. The number of methoxy groups -OCH3 is 1. The number of aromatic nitrogens is 2. The summed E-state index contributed by atoms with van der Waals surface area (Å²) in [7, 11) is 1.61. The van der Waals surface area contributed by atoms with Gasteiger partial charge in [-0.1, -0.05) is 5.16 Å². The zero-order chi connectivity index (χ0) is 15.5. The Labute approximate surface area is 131 Å². The van der Waals surface area contributed by atoms with E-state index in [9.17, 15) is 0 Å². The van der Waals surface area contributed by atoms with Crippen LogP contribution in [0.4, 0.5) is 0 Å². The minimum Gasteiger partial charge on any atom is -0.496 e. The molecule has 0 radical (unpaired) electrons. The molecule has 0 aliphatic heterocycles. The lowest BCUT2D eigenvalue weighted by Crippen LogP contribution is -2.39. The lowest BCUT2D eigenvalue weighted by atomic mass is 10.1. The van der Waals surface area contributed by atoms with E-state index in [1.54, 1.807) is 14.0 Å². The van der Waals surface area contributed by atoms with Gasteiger partial charge in [-0.15, -0.1) is 0 Å². The van der Waals surface area contributed by atoms with Crippen LogP contribution in [0.5, 0.6) is 5.75 Å². The van der Waals surface area contributed by atoms with E-state index in [4.69, 9.17) is 19.7 Å². The van der Waals surface area contributed by atoms with Crippen molar-refractivity contribution in [2.24, 2.45) is 5.73 Å². The van der Waals surface area contributed by atoms with Crippen LogP contribution in [0.1, 0.15) is 19.7 Å². The molecule has 2 N–H and O–H groups in total. The fraction of sp³-hybridized carbons (Fsp3) is 0.429. The van der Waals surface area contributed by atoms with Gasteiger partial charge in [-0.3, -0.25) is 0 Å². The van der Waals surface area contributed by atoms with Gasteiger partial charge in [0, 0.05) is 12.2 Å². The number of hydrogen-bond acceptors (Lipinski definition) is 6. The highest BCUT2D eigenvalue weighted by atomic mass is 79.9. The number of halogens is 1. The Hall–Kier alpha value is -1.44. The van der Waals surface area contributed by atoms with Crippen LogP contribution in [0, 0.1) is 0 Å². The second kappa shape index (κ2) is 6.55. The maximum atomic E-state index is 6.15. The van der Waals surface area contributed by atoms with Crippen LogP contribution in [0.25, 0.3) is 11.5 Å². The first-order valence-electron chi connectivity index (χ1n) is 6.52. The fourth-order valence-corrected chi connectivity index (χ4v) is 2.29. The van der Waals surface area contributed by atoms with Gasteiger partial charge in [0.15, 0.2) is 5.82 Å². The van der Waals surface area contributed by atoms with Crippen LogP contribution in [0.3, 0.4) is 0 Å². The first kappa shape index (κ1) is 15.9. The van der Waals surface area contributed by atoms with Crippen molar-refractivity contribution in [3.8, 4) is 17.2 Å². The van der Waals surface area contributed by atoms with Gasteiger partial charge in [0.2, 0.25) is 0 Å². The summed E-state index contributed by atoms with van der Waals surface area (Å²) in [6.45, 7) is 4.63. The van der Waals surface area contributed by atoms with Crippen molar-refractivity contribution in [2.75, 3.05) is 20.3 Å². The van der Waals surface area contributed by atoms with E-state index in [0.717, 1.165) is 15.8 Å². The molecule has 1 aromatic heterocycles. The SMILES string of the molecule is CCOCC(C)(N)c1noc(-c2ccc(OC)c(Br)c2)n1. The normalized spacial score (nSPS) is 14.0. The van der Waals surface area contributed by atoms with E-state index in [1.165, 1.54) is 0 Å². The van der Waals surface area contributed by atoms with E-state index >= 15 is 0 Å². The molecule has 0 fully saturated rings. The van der Waals surface area contributed by atoms with Crippen molar-refractivity contribution in [3.05, 3.63) is 28.5 Å². The molecule has 114 valence electrons. The summed E-state index contributed by atoms with van der Waals surface area (Å²) < 4.78 is 16.6. The Morgan fingerprint density at radius 2 is 2.19 bits per heavy atom. The van der Waals surface area contributed by atoms with Gasteiger partial charge in [-0.2, -0.15) is 4.98 Å². The van der Waals surface area contributed by atoms with E-state index in [2.05, 4.69) is 26.1 Å². The largest absolute Gasteiger partial charge is 0.496 e. The summed E-state index contributed by atoms with van der Waals surface area (Å²) >= 11 is 3.43. The minimum atomic E-state index is -0.790. The van der Waals surface area contributed by atoms with Crippen LogP contribution in [-0.2, 0) is 10.3 Å². The molecule has 0 saturated carbocycles. The van der Waals surface area contributed by atoms with E-state index in [1.807, 2.05) is 25.1 Å². The first-order valence-corrected chi connectivity index (χ1v) is 7.32. The number of benzene rings is 1. The van der Waals surface area contributed by atoms with Crippen molar-refractivity contribution in [2.45, 2.75) is 19.4 Å². The summed E-state index contributed by atoms with van der Waals surface area (Å²) in [6, 6.07) is 5.52. The Morgan fingerprint density at radius 1 is 1.43 bits per heavy atom. The molecule has 1 unspecified atom stereocenters. The third kappa shape index (κ3) is 3.61. The number of nitrogens with zero attached hydrogens (tertiary/aromatic N) is 2. The van der Waals surface area contributed by atoms with Gasteiger partial charge >= 0.3 is 0 Å². The van der Waals surface area contributed by atoms with Crippen molar-refractivity contribution < 1.29 is 14.0 Å². The van der Waals surface area contributed by atoms with Crippen molar-refractivity contribution in [3.63, 3.8) is 0 Å². The second-order valence-corrected chi connectivity index (χ2v) is 5.68. The molecule has 1 aromatic carbocycles. The molecular weight excluding hydrogens is 338 g/mol. The number of ether oxygens (including phenoxy) is 2. The molecule has 21 heavy (non-hydrogen) atoms. The predicted molar refractivity (Wildman–Crippen MR) is 82.0 cm³/mol. The maximum absolute atomic E-state index is 6.15. The second-order valence-electron chi connectivity index (χ2n) is 4.83. The predicted octanol–water partition coefficient (Wildman–Crippen LogP) is 2.72. The van der Waals surface area contributed by atoms with Gasteiger partial charge in [0.1, 0.15) is 11.3 Å². The van der Waals surface area contributed by atoms with Crippen LogP contribution >= 0.6 is 15.9 Å². The zero-order valence-corrected chi connectivity index (χ0v) is 13.8. The highest BCUT2D eigenvalue weighted by Gasteiger charge is 2.28. The van der Waals surface area contributed by atoms with Crippen LogP contribution < -0.4 is 10.5 Å². The topological polar surface area (TPSA) is 83.4 Å². The fourth-order valence-electron chi connectivity index (χ4n) is 1.75. The van der Waals surface area contributed by atoms with E-state index < -0.39 is 5.54 Å². The molecule has 7 heteroatoms. The molecule has 1 heterocycles. The van der Waals surface area contributed by atoms with Gasteiger partial charge in [-0.05, 0) is 48.0 Å². The summed E-state index contributed by atoms with van der Waals surface area (Å²) in [5, 5.41) is 3.95. The van der Waals surface area contributed by atoms with E-state index in [0.29, 0.717) is 24.9 Å². The van der Waals surface area contributed by atoms with Crippen molar-refractivity contribution in [1.29, 1.82) is 0 Å². The Balaban J connectivity index is 2.25. The van der Waals surface area contributed by atoms with Gasteiger partial charge in [-0.25, -0.2) is 0 Å². The lowest BCUT2D eigenvalue weighted by Gasteiger charge is -2.19. The molecule has 0 spiro atoms. The van der Waals surface area contributed by atoms with Crippen LogP contribution in [-0.4, -0.2) is 30.5 Å². The molecule has 1 atom stereocenters. The Bertz CT molecular complexity index is 613.